The highest BCUT2D eigenvalue weighted by atomic mass is 32.1. The molecule has 21 heavy (non-hydrogen) atoms. The molecule has 0 bridgehead atoms. The summed E-state index contributed by atoms with van der Waals surface area (Å²) in [5, 5.41) is 3.93. The Morgan fingerprint density at radius 1 is 1.33 bits per heavy atom. The standard InChI is InChI=1S/C16H23N3OS/c1-11(6-5-7-12(2)17)16(20)18-10-15-19-13-8-3-4-9-14(13)21-15/h3-4,8-9,11-12H,5-7,10,17H2,1-2H3,(H,18,20). The molecule has 0 aliphatic heterocycles. The summed E-state index contributed by atoms with van der Waals surface area (Å²) in [5.41, 5.74) is 6.72. The van der Waals surface area contributed by atoms with Crippen LogP contribution >= 0.6 is 11.3 Å². The summed E-state index contributed by atoms with van der Waals surface area (Å²) in [7, 11) is 0. The van der Waals surface area contributed by atoms with Crippen molar-refractivity contribution in [3.63, 3.8) is 0 Å². The number of amides is 1. The maximum Gasteiger partial charge on any atom is 0.223 e. The topological polar surface area (TPSA) is 68.0 Å². The lowest BCUT2D eigenvalue weighted by Gasteiger charge is -2.12. The van der Waals surface area contributed by atoms with E-state index in [-0.39, 0.29) is 17.9 Å². The molecule has 0 aliphatic rings. The van der Waals surface area contributed by atoms with Crippen LogP contribution in [0.25, 0.3) is 10.2 Å². The Labute approximate surface area is 129 Å². The van der Waals surface area contributed by atoms with Crippen LogP contribution in [0, 0.1) is 5.92 Å². The lowest BCUT2D eigenvalue weighted by atomic mass is 10.0. The average molecular weight is 305 g/mol. The number of carbonyl (C=O) groups excluding carboxylic acids is 1. The Kier molecular flexibility index (Phi) is 5.70. The van der Waals surface area contributed by atoms with Gasteiger partial charge in [-0.1, -0.05) is 25.5 Å². The van der Waals surface area contributed by atoms with E-state index in [1.54, 1.807) is 11.3 Å². The Bertz CT molecular complexity index is 561. The summed E-state index contributed by atoms with van der Waals surface area (Å²) >= 11 is 1.63. The Morgan fingerprint density at radius 3 is 2.81 bits per heavy atom. The number of hydrogen-bond acceptors (Lipinski definition) is 4. The molecular formula is C16H23N3OS. The van der Waals surface area contributed by atoms with E-state index in [0.29, 0.717) is 6.54 Å². The summed E-state index contributed by atoms with van der Waals surface area (Å²) in [6.45, 7) is 4.47. The van der Waals surface area contributed by atoms with Crippen LogP contribution in [-0.2, 0) is 11.3 Å². The van der Waals surface area contributed by atoms with Gasteiger partial charge in [-0.15, -0.1) is 11.3 Å². The fraction of sp³-hybridized carbons (Fsp3) is 0.500. The van der Waals surface area contributed by atoms with Crippen molar-refractivity contribution < 1.29 is 4.79 Å². The van der Waals surface area contributed by atoms with Gasteiger partial charge in [-0.2, -0.15) is 0 Å². The van der Waals surface area contributed by atoms with E-state index in [1.165, 1.54) is 0 Å². The van der Waals surface area contributed by atoms with Crippen LogP contribution < -0.4 is 11.1 Å². The van der Waals surface area contributed by atoms with Gasteiger partial charge >= 0.3 is 0 Å². The molecule has 0 saturated carbocycles. The second-order valence-electron chi connectivity index (χ2n) is 5.60. The number of nitrogens with zero attached hydrogens (tertiary/aromatic N) is 1. The molecule has 2 rings (SSSR count). The van der Waals surface area contributed by atoms with E-state index in [0.717, 1.165) is 34.5 Å². The van der Waals surface area contributed by atoms with E-state index in [1.807, 2.05) is 32.0 Å². The van der Waals surface area contributed by atoms with Crippen LogP contribution in [-0.4, -0.2) is 16.9 Å². The molecule has 2 atom stereocenters. The maximum absolute atomic E-state index is 12.0. The fourth-order valence-corrected chi connectivity index (χ4v) is 3.12. The summed E-state index contributed by atoms with van der Waals surface area (Å²) in [6, 6.07) is 8.24. The van der Waals surface area contributed by atoms with Crippen LogP contribution in [0.5, 0.6) is 0 Å². The Morgan fingerprint density at radius 2 is 2.10 bits per heavy atom. The maximum atomic E-state index is 12.0. The van der Waals surface area contributed by atoms with Crippen molar-refractivity contribution >= 4 is 27.5 Å². The predicted molar refractivity (Wildman–Crippen MR) is 88.1 cm³/mol. The highest BCUT2D eigenvalue weighted by molar-refractivity contribution is 7.18. The first-order chi connectivity index (χ1) is 10.1. The van der Waals surface area contributed by atoms with Gasteiger partial charge < -0.3 is 11.1 Å². The molecule has 4 nitrogen and oxygen atoms in total. The molecule has 1 heterocycles. The van der Waals surface area contributed by atoms with E-state index >= 15 is 0 Å². The molecule has 0 fully saturated rings. The van der Waals surface area contributed by atoms with Gasteiger partial charge in [0, 0.05) is 12.0 Å². The molecule has 5 heteroatoms. The molecule has 0 aliphatic carbocycles. The van der Waals surface area contributed by atoms with Gasteiger partial charge in [0.05, 0.1) is 16.8 Å². The number of hydrogen-bond donors (Lipinski definition) is 2. The molecule has 3 N–H and O–H groups in total. The van der Waals surface area contributed by atoms with Crippen molar-refractivity contribution in [2.45, 2.75) is 45.7 Å². The number of benzene rings is 1. The van der Waals surface area contributed by atoms with Gasteiger partial charge in [0.15, 0.2) is 0 Å². The van der Waals surface area contributed by atoms with E-state index in [4.69, 9.17) is 5.73 Å². The SMILES string of the molecule is CC(N)CCCC(C)C(=O)NCc1nc2ccccc2s1. The van der Waals surface area contributed by atoms with Crippen LogP contribution in [0.3, 0.4) is 0 Å². The summed E-state index contributed by atoms with van der Waals surface area (Å²) in [6.07, 6.45) is 2.84. The minimum absolute atomic E-state index is 0.0260. The molecule has 2 aromatic rings. The highest BCUT2D eigenvalue weighted by Gasteiger charge is 2.13. The van der Waals surface area contributed by atoms with Gasteiger partial charge in [0.1, 0.15) is 5.01 Å². The number of para-hydroxylation sites is 1. The van der Waals surface area contributed by atoms with Crippen molar-refractivity contribution in [3.05, 3.63) is 29.3 Å². The number of fused-ring (bicyclic) bond motifs is 1. The first-order valence-electron chi connectivity index (χ1n) is 7.44. The van der Waals surface area contributed by atoms with E-state index < -0.39 is 0 Å². The minimum atomic E-state index is 0.0260. The molecular weight excluding hydrogens is 282 g/mol. The van der Waals surface area contributed by atoms with Crippen LogP contribution in [0.2, 0.25) is 0 Å². The van der Waals surface area contributed by atoms with Crippen LogP contribution in [0.1, 0.15) is 38.1 Å². The van der Waals surface area contributed by atoms with E-state index in [9.17, 15) is 4.79 Å². The summed E-state index contributed by atoms with van der Waals surface area (Å²) < 4.78 is 1.16. The second-order valence-corrected chi connectivity index (χ2v) is 6.72. The van der Waals surface area contributed by atoms with Crippen molar-refractivity contribution in [2.24, 2.45) is 11.7 Å². The number of nitrogens with two attached hydrogens (primary N) is 1. The lowest BCUT2D eigenvalue weighted by Crippen LogP contribution is -2.29. The Balaban J connectivity index is 1.80. The molecule has 1 aromatic carbocycles. The van der Waals surface area contributed by atoms with Crippen molar-refractivity contribution in [1.29, 1.82) is 0 Å². The lowest BCUT2D eigenvalue weighted by molar-refractivity contribution is -0.124. The number of aromatic nitrogens is 1. The minimum Gasteiger partial charge on any atom is -0.349 e. The average Bonchev–Trinajstić information content (AvgIpc) is 2.87. The normalized spacial score (nSPS) is 14.0. The fourth-order valence-electron chi connectivity index (χ4n) is 2.21. The zero-order valence-corrected chi connectivity index (χ0v) is 13.5. The zero-order valence-electron chi connectivity index (χ0n) is 12.6. The van der Waals surface area contributed by atoms with E-state index in [2.05, 4.69) is 16.4 Å². The molecule has 1 aromatic heterocycles. The predicted octanol–water partition coefficient (Wildman–Crippen LogP) is 3.07. The van der Waals surface area contributed by atoms with Crippen molar-refractivity contribution in [3.8, 4) is 0 Å². The number of nitrogens with one attached hydrogen (secondary N) is 1. The molecule has 0 radical (unpaired) electrons. The van der Waals surface area contributed by atoms with Crippen molar-refractivity contribution in [1.82, 2.24) is 10.3 Å². The largest absolute Gasteiger partial charge is 0.349 e. The molecule has 0 spiro atoms. The van der Waals surface area contributed by atoms with Crippen LogP contribution in [0.15, 0.2) is 24.3 Å². The monoisotopic (exact) mass is 305 g/mol. The smallest absolute Gasteiger partial charge is 0.223 e. The quantitative estimate of drug-likeness (QED) is 0.826. The Hall–Kier alpha value is -1.46. The van der Waals surface area contributed by atoms with Gasteiger partial charge in [-0.25, -0.2) is 4.98 Å². The summed E-state index contributed by atoms with van der Waals surface area (Å²) in [5.74, 6) is 0.122. The third-order valence-electron chi connectivity index (χ3n) is 3.50. The third kappa shape index (κ3) is 4.79. The van der Waals surface area contributed by atoms with Crippen LogP contribution in [0.4, 0.5) is 0 Å². The highest BCUT2D eigenvalue weighted by Crippen LogP contribution is 2.21. The second kappa shape index (κ2) is 7.52. The van der Waals surface area contributed by atoms with Gasteiger partial charge in [-0.3, -0.25) is 4.79 Å². The first kappa shape index (κ1) is 15.9. The molecule has 114 valence electrons. The van der Waals surface area contributed by atoms with Gasteiger partial charge in [0.2, 0.25) is 5.91 Å². The first-order valence-corrected chi connectivity index (χ1v) is 8.25. The number of carbonyl (C=O) groups is 1. The third-order valence-corrected chi connectivity index (χ3v) is 4.53. The summed E-state index contributed by atoms with van der Waals surface area (Å²) in [4.78, 5) is 16.6. The molecule has 2 unspecified atom stereocenters. The number of rotatable bonds is 7. The van der Waals surface area contributed by atoms with Crippen molar-refractivity contribution in [2.75, 3.05) is 0 Å². The van der Waals surface area contributed by atoms with Gasteiger partial charge in [-0.05, 0) is 31.9 Å². The zero-order chi connectivity index (χ0) is 15.2. The van der Waals surface area contributed by atoms with Gasteiger partial charge in [0.25, 0.3) is 0 Å². The number of thiazole rings is 1. The molecule has 1 amide bonds. The molecule has 0 saturated heterocycles.